The lowest BCUT2D eigenvalue weighted by Gasteiger charge is -2.29. The van der Waals surface area contributed by atoms with Crippen molar-refractivity contribution < 1.29 is 5.11 Å². The first-order valence-corrected chi connectivity index (χ1v) is 19.6. The summed E-state index contributed by atoms with van der Waals surface area (Å²) in [4.78, 5) is 2.71. The first-order chi connectivity index (χ1) is 21.3. The predicted molar refractivity (Wildman–Crippen MR) is 195 cm³/mol. The molecule has 43 heavy (non-hydrogen) atoms. The second kappa shape index (κ2) is 37.5. The second-order valence-corrected chi connectivity index (χ2v) is 13.3. The Morgan fingerprint density at radius 1 is 0.488 bits per heavy atom. The van der Waals surface area contributed by atoms with E-state index in [0.29, 0.717) is 12.6 Å². The summed E-state index contributed by atoms with van der Waals surface area (Å²) in [6.45, 7) is 11.3. The topological polar surface area (TPSA) is 35.5 Å². The van der Waals surface area contributed by atoms with Gasteiger partial charge in [-0.15, -0.1) is 0 Å². The molecule has 0 aliphatic heterocycles. The third kappa shape index (κ3) is 34.1. The average Bonchev–Trinajstić information content (AvgIpc) is 3.01. The van der Waals surface area contributed by atoms with Gasteiger partial charge < -0.3 is 10.4 Å². The Morgan fingerprint density at radius 2 is 0.884 bits per heavy atom. The molecule has 0 radical (unpaired) electrons. The maximum atomic E-state index is 9.11. The van der Waals surface area contributed by atoms with Gasteiger partial charge in [-0.1, -0.05) is 147 Å². The summed E-state index contributed by atoms with van der Waals surface area (Å²) in [6, 6.07) is 0.666. The van der Waals surface area contributed by atoms with Crippen molar-refractivity contribution in [1.82, 2.24) is 10.2 Å². The van der Waals surface area contributed by atoms with Gasteiger partial charge in [0.15, 0.2) is 0 Å². The van der Waals surface area contributed by atoms with Crippen molar-refractivity contribution in [2.24, 2.45) is 0 Å². The molecule has 0 heterocycles. The zero-order chi connectivity index (χ0) is 31.3. The molecular formula is C40H80N2O. The minimum absolute atomic E-state index is 0.235. The molecule has 3 nitrogen and oxygen atoms in total. The highest BCUT2D eigenvalue weighted by atomic mass is 16.3. The highest BCUT2D eigenvalue weighted by Gasteiger charge is 2.13. The molecule has 0 spiro atoms. The SMILES string of the molecule is CCCCCCC/C=C/CCCCCCCCN(CCNCCO)C(C)CCCCCCC/C=C\CCCCCCCC. The zero-order valence-electron chi connectivity index (χ0n) is 29.9. The van der Waals surface area contributed by atoms with Crippen molar-refractivity contribution in [1.29, 1.82) is 0 Å². The summed E-state index contributed by atoms with van der Waals surface area (Å²) in [5.74, 6) is 0. The van der Waals surface area contributed by atoms with Gasteiger partial charge in [0.25, 0.3) is 0 Å². The number of hydrogen-bond acceptors (Lipinski definition) is 3. The van der Waals surface area contributed by atoms with Crippen LogP contribution in [0.1, 0.15) is 194 Å². The van der Waals surface area contributed by atoms with E-state index < -0.39 is 0 Å². The highest BCUT2D eigenvalue weighted by Crippen LogP contribution is 2.15. The van der Waals surface area contributed by atoms with E-state index in [2.05, 4.69) is 55.3 Å². The number of allylic oxidation sites excluding steroid dienone is 4. The first-order valence-electron chi connectivity index (χ1n) is 19.6. The molecule has 0 amide bonds. The Labute approximate surface area is 272 Å². The van der Waals surface area contributed by atoms with E-state index in [-0.39, 0.29) is 6.61 Å². The van der Waals surface area contributed by atoms with E-state index in [0.717, 1.165) is 13.1 Å². The molecule has 0 rings (SSSR count). The third-order valence-electron chi connectivity index (χ3n) is 9.08. The lowest BCUT2D eigenvalue weighted by molar-refractivity contribution is 0.190. The molecule has 0 aromatic heterocycles. The fraction of sp³-hybridized carbons (Fsp3) is 0.900. The number of rotatable bonds is 36. The summed E-state index contributed by atoms with van der Waals surface area (Å²) in [5.41, 5.74) is 0. The van der Waals surface area contributed by atoms with E-state index >= 15 is 0 Å². The van der Waals surface area contributed by atoms with Crippen molar-refractivity contribution >= 4 is 0 Å². The van der Waals surface area contributed by atoms with Gasteiger partial charge in [0.1, 0.15) is 0 Å². The van der Waals surface area contributed by atoms with Crippen LogP contribution < -0.4 is 5.32 Å². The van der Waals surface area contributed by atoms with E-state index in [1.807, 2.05) is 0 Å². The van der Waals surface area contributed by atoms with Crippen molar-refractivity contribution in [3.63, 3.8) is 0 Å². The smallest absolute Gasteiger partial charge is 0.0555 e. The lowest BCUT2D eigenvalue weighted by atomic mass is 10.0. The number of unbranched alkanes of at least 4 members (excludes halogenated alkanes) is 22. The quantitative estimate of drug-likeness (QED) is 0.0551. The van der Waals surface area contributed by atoms with E-state index in [9.17, 15) is 0 Å². The minimum atomic E-state index is 0.235. The minimum Gasteiger partial charge on any atom is -0.395 e. The molecule has 0 aliphatic rings. The largest absolute Gasteiger partial charge is 0.395 e. The van der Waals surface area contributed by atoms with Crippen LogP contribution in [0.4, 0.5) is 0 Å². The summed E-state index contributed by atoms with van der Waals surface area (Å²) in [6.07, 6.45) is 46.6. The number of aliphatic hydroxyl groups excluding tert-OH is 1. The van der Waals surface area contributed by atoms with Crippen LogP contribution in [-0.2, 0) is 0 Å². The first kappa shape index (κ1) is 42.4. The third-order valence-corrected chi connectivity index (χ3v) is 9.08. The number of nitrogens with one attached hydrogen (secondary N) is 1. The van der Waals surface area contributed by atoms with Crippen molar-refractivity contribution in [3.8, 4) is 0 Å². The van der Waals surface area contributed by atoms with Crippen molar-refractivity contribution in [2.45, 2.75) is 200 Å². The lowest BCUT2D eigenvalue weighted by Crippen LogP contribution is -2.39. The van der Waals surface area contributed by atoms with Gasteiger partial charge in [0.05, 0.1) is 6.61 Å². The molecule has 256 valence electrons. The van der Waals surface area contributed by atoms with Crippen LogP contribution in [0.3, 0.4) is 0 Å². The van der Waals surface area contributed by atoms with Crippen molar-refractivity contribution in [2.75, 3.05) is 32.8 Å². The van der Waals surface area contributed by atoms with Gasteiger partial charge in [-0.05, 0) is 77.7 Å². The van der Waals surface area contributed by atoms with Gasteiger partial charge >= 0.3 is 0 Å². The molecular weight excluding hydrogens is 524 g/mol. The van der Waals surface area contributed by atoms with Crippen LogP contribution in [0, 0.1) is 0 Å². The summed E-state index contributed by atoms with van der Waals surface area (Å²) < 4.78 is 0. The fourth-order valence-electron chi connectivity index (χ4n) is 6.06. The van der Waals surface area contributed by atoms with Gasteiger partial charge in [-0.25, -0.2) is 0 Å². The van der Waals surface area contributed by atoms with Crippen LogP contribution >= 0.6 is 0 Å². The second-order valence-electron chi connectivity index (χ2n) is 13.3. The molecule has 0 saturated carbocycles. The number of nitrogens with zero attached hydrogens (tertiary/aromatic N) is 1. The van der Waals surface area contributed by atoms with Crippen LogP contribution in [0.15, 0.2) is 24.3 Å². The average molecular weight is 605 g/mol. The van der Waals surface area contributed by atoms with E-state index in [4.69, 9.17) is 5.11 Å². The van der Waals surface area contributed by atoms with Gasteiger partial charge in [-0.2, -0.15) is 0 Å². The summed E-state index contributed by atoms with van der Waals surface area (Å²) in [5, 5.41) is 12.5. The fourth-order valence-corrected chi connectivity index (χ4v) is 6.06. The van der Waals surface area contributed by atoms with Crippen LogP contribution in [0.25, 0.3) is 0 Å². The molecule has 1 unspecified atom stereocenters. The molecule has 0 fully saturated rings. The molecule has 0 bridgehead atoms. The van der Waals surface area contributed by atoms with Gasteiger partial charge in [0, 0.05) is 25.7 Å². The van der Waals surface area contributed by atoms with Crippen LogP contribution in [0.2, 0.25) is 0 Å². The molecule has 3 heteroatoms. The highest BCUT2D eigenvalue weighted by molar-refractivity contribution is 4.82. The maximum Gasteiger partial charge on any atom is 0.0555 e. The summed E-state index contributed by atoms with van der Waals surface area (Å²) in [7, 11) is 0. The molecule has 2 N–H and O–H groups in total. The normalized spacial score (nSPS) is 12.9. The molecule has 0 aromatic carbocycles. The Kier molecular flexibility index (Phi) is 37.0. The van der Waals surface area contributed by atoms with Gasteiger partial charge in [-0.3, -0.25) is 4.90 Å². The zero-order valence-corrected chi connectivity index (χ0v) is 29.9. The number of hydrogen-bond donors (Lipinski definition) is 2. The summed E-state index contributed by atoms with van der Waals surface area (Å²) >= 11 is 0. The molecule has 1 atom stereocenters. The monoisotopic (exact) mass is 605 g/mol. The van der Waals surface area contributed by atoms with Crippen molar-refractivity contribution in [3.05, 3.63) is 24.3 Å². The van der Waals surface area contributed by atoms with Crippen LogP contribution in [0.5, 0.6) is 0 Å². The van der Waals surface area contributed by atoms with E-state index in [1.165, 1.54) is 180 Å². The standard InChI is InChI=1S/C40H80N2O/c1-4-6-8-10-12-14-16-18-20-22-24-26-28-30-32-34-40(3)42(38-35-41-36-39-43)37-33-31-29-27-25-23-21-19-17-15-13-11-9-7-5-2/h17-20,40-41,43H,4-16,21-39H2,1-3H3/b19-17+,20-18-. The Morgan fingerprint density at radius 3 is 1.33 bits per heavy atom. The predicted octanol–water partition coefficient (Wildman–Crippen LogP) is 11.9. The van der Waals surface area contributed by atoms with Gasteiger partial charge in [0.2, 0.25) is 0 Å². The Hall–Kier alpha value is -0.640. The number of aliphatic hydroxyl groups is 1. The Balaban J connectivity index is 3.84. The van der Waals surface area contributed by atoms with Crippen LogP contribution in [-0.4, -0.2) is 48.8 Å². The Bertz CT molecular complexity index is 561. The van der Waals surface area contributed by atoms with E-state index in [1.54, 1.807) is 0 Å². The molecule has 0 aliphatic carbocycles. The molecule has 0 aromatic rings. The maximum absolute atomic E-state index is 9.11. The molecule has 0 saturated heterocycles.